The molecule has 1 fully saturated rings. The monoisotopic (exact) mass is 444 g/mol. The number of nitrogens with zero attached hydrogens (tertiary/aromatic N) is 1. The number of ketones is 1. The minimum absolute atomic E-state index is 0.0302. The third-order valence-electron chi connectivity index (χ3n) is 3.83. The van der Waals surface area contributed by atoms with E-state index in [4.69, 9.17) is 19.0 Å². The van der Waals surface area contributed by atoms with E-state index in [2.05, 4.69) is 9.61 Å². The normalized spacial score (nSPS) is 24.7. The standard InChI is InChI=1S/C13H27BN2O10P2/c1-9(17)7-16(13(18)6-14)4-3-15-27(19,20)26-11-5-10(2)25-12(11)8-24-28(21,22)23/h10-12H,3-8,14H2,1-2H3,(H2,15,19,20)(H2,21,22,23)/t10-,11?,12+/m0/s1. The largest absolute Gasteiger partial charge is 0.469 e. The van der Waals surface area contributed by atoms with E-state index in [0.717, 1.165) is 0 Å². The Hall–Kier alpha value is -0.615. The van der Waals surface area contributed by atoms with Gasteiger partial charge in [0.25, 0.3) is 0 Å². The summed E-state index contributed by atoms with van der Waals surface area (Å²) in [7, 11) is -7.38. The first-order valence-electron chi connectivity index (χ1n) is 8.72. The highest BCUT2D eigenvalue weighted by Gasteiger charge is 2.39. The number of carbonyl (C=O) groups is 2. The Morgan fingerprint density at radius 2 is 1.96 bits per heavy atom. The molecule has 4 N–H and O–H groups in total. The third kappa shape index (κ3) is 9.73. The molecular formula is C13H27BN2O10P2. The molecule has 0 radical (unpaired) electrons. The lowest BCUT2D eigenvalue weighted by molar-refractivity contribution is -0.132. The molecule has 4 atom stereocenters. The van der Waals surface area contributed by atoms with Gasteiger partial charge >= 0.3 is 15.6 Å². The SMILES string of the molecule is BCC(=O)N(CCNP(=O)(O)OC1C[C@H](C)O[C@@H]1COP(=O)(O)O)CC(C)=O. The summed E-state index contributed by atoms with van der Waals surface area (Å²) in [6.45, 7) is 2.35. The smallest absolute Gasteiger partial charge is 0.370 e. The van der Waals surface area contributed by atoms with Crippen molar-refractivity contribution in [3.05, 3.63) is 0 Å². The van der Waals surface area contributed by atoms with Crippen LogP contribution in [0, 0.1) is 0 Å². The fraction of sp³-hybridized carbons (Fsp3) is 0.846. The fourth-order valence-electron chi connectivity index (χ4n) is 2.68. The number of amides is 1. The summed E-state index contributed by atoms with van der Waals surface area (Å²) in [6, 6.07) is 0. The Morgan fingerprint density at radius 3 is 2.50 bits per heavy atom. The number of hydrogen-bond acceptors (Lipinski definition) is 7. The van der Waals surface area contributed by atoms with Crippen molar-refractivity contribution in [1.82, 2.24) is 9.99 Å². The lowest BCUT2D eigenvalue weighted by Gasteiger charge is -2.24. The maximum atomic E-state index is 12.3. The number of rotatable bonds is 12. The van der Waals surface area contributed by atoms with Gasteiger partial charge in [-0.05, 0) is 20.2 Å². The fourth-order valence-corrected chi connectivity index (χ4v) is 4.07. The highest BCUT2D eigenvalue weighted by Crippen LogP contribution is 2.43. The Morgan fingerprint density at radius 1 is 1.32 bits per heavy atom. The minimum atomic E-state index is -4.72. The number of phosphoric ester groups is 1. The van der Waals surface area contributed by atoms with Crippen LogP contribution in [0.3, 0.4) is 0 Å². The average Bonchev–Trinajstić information content (AvgIpc) is 2.88. The number of carbonyl (C=O) groups excluding carboxylic acids is 2. The van der Waals surface area contributed by atoms with Crippen LogP contribution in [0.4, 0.5) is 0 Å². The summed E-state index contributed by atoms with van der Waals surface area (Å²) in [6.07, 6.45) is -1.79. The van der Waals surface area contributed by atoms with Crippen molar-refractivity contribution >= 4 is 35.1 Å². The number of nitrogens with one attached hydrogen (secondary N) is 1. The summed E-state index contributed by atoms with van der Waals surface area (Å²) in [5.41, 5.74) is 0. The molecule has 1 heterocycles. The maximum absolute atomic E-state index is 12.3. The number of phosphoric acid groups is 1. The van der Waals surface area contributed by atoms with E-state index >= 15 is 0 Å². The summed E-state index contributed by atoms with van der Waals surface area (Å²) >= 11 is 0. The second kappa shape index (κ2) is 11.0. The molecule has 0 aliphatic carbocycles. The van der Waals surface area contributed by atoms with Gasteiger partial charge in [0.2, 0.25) is 5.91 Å². The van der Waals surface area contributed by atoms with E-state index in [-0.39, 0.29) is 50.2 Å². The molecule has 1 aliphatic heterocycles. The van der Waals surface area contributed by atoms with E-state index in [1.807, 2.05) is 0 Å². The average molecular weight is 444 g/mol. The first kappa shape index (κ1) is 25.4. The van der Waals surface area contributed by atoms with Crippen molar-refractivity contribution in [2.24, 2.45) is 0 Å². The van der Waals surface area contributed by atoms with Crippen LogP contribution >= 0.6 is 15.6 Å². The van der Waals surface area contributed by atoms with Crippen LogP contribution in [0.15, 0.2) is 0 Å². The van der Waals surface area contributed by atoms with Crippen LogP contribution in [-0.2, 0) is 32.5 Å². The summed E-state index contributed by atoms with van der Waals surface area (Å²) in [5, 5.41) is 2.31. The van der Waals surface area contributed by atoms with Gasteiger partial charge in [-0.2, -0.15) is 0 Å². The topological polar surface area (TPSA) is 172 Å². The minimum Gasteiger partial charge on any atom is -0.370 e. The molecule has 2 unspecified atom stereocenters. The van der Waals surface area contributed by atoms with Crippen LogP contribution in [0.5, 0.6) is 0 Å². The molecule has 0 aromatic rings. The summed E-state index contributed by atoms with van der Waals surface area (Å²) < 4.78 is 38.1. The molecule has 0 aromatic heterocycles. The molecule has 1 amide bonds. The zero-order chi connectivity index (χ0) is 21.5. The Kier molecular flexibility index (Phi) is 9.95. The van der Waals surface area contributed by atoms with Gasteiger partial charge in [0.15, 0.2) is 0 Å². The van der Waals surface area contributed by atoms with E-state index in [1.54, 1.807) is 14.8 Å². The Balaban J connectivity index is 2.58. The zero-order valence-electron chi connectivity index (χ0n) is 16.0. The van der Waals surface area contributed by atoms with Gasteiger partial charge in [-0.15, -0.1) is 0 Å². The van der Waals surface area contributed by atoms with Crippen molar-refractivity contribution in [2.75, 3.05) is 26.2 Å². The molecule has 0 bridgehead atoms. The van der Waals surface area contributed by atoms with Crippen molar-refractivity contribution in [3.63, 3.8) is 0 Å². The van der Waals surface area contributed by atoms with Gasteiger partial charge in [-0.25, -0.2) is 14.2 Å². The molecule has 12 nitrogen and oxygen atoms in total. The number of hydrogen-bond donors (Lipinski definition) is 4. The van der Waals surface area contributed by atoms with Crippen molar-refractivity contribution in [3.8, 4) is 0 Å². The van der Waals surface area contributed by atoms with E-state index < -0.39 is 34.4 Å². The van der Waals surface area contributed by atoms with Crippen LogP contribution < -0.4 is 5.09 Å². The van der Waals surface area contributed by atoms with Crippen molar-refractivity contribution in [2.45, 2.75) is 44.9 Å². The van der Waals surface area contributed by atoms with E-state index in [0.29, 0.717) is 0 Å². The lowest BCUT2D eigenvalue weighted by atomic mass is 10.0. The van der Waals surface area contributed by atoms with Gasteiger partial charge in [-0.1, -0.05) is 0 Å². The van der Waals surface area contributed by atoms with E-state index in [9.17, 15) is 23.6 Å². The quantitative estimate of drug-likeness (QED) is 0.211. The number of ether oxygens (including phenoxy) is 1. The Labute approximate surface area is 164 Å². The molecule has 1 rings (SSSR count). The molecular weight excluding hydrogens is 417 g/mol. The first-order valence-corrected chi connectivity index (χ1v) is 11.8. The van der Waals surface area contributed by atoms with E-state index in [1.165, 1.54) is 11.8 Å². The van der Waals surface area contributed by atoms with Gasteiger partial charge in [0, 0.05) is 19.5 Å². The van der Waals surface area contributed by atoms with Crippen LogP contribution in [0.2, 0.25) is 6.32 Å². The molecule has 0 saturated carbocycles. The first-order chi connectivity index (χ1) is 12.8. The van der Waals surface area contributed by atoms with Crippen LogP contribution in [0.1, 0.15) is 20.3 Å². The van der Waals surface area contributed by atoms with Gasteiger partial charge in [0.1, 0.15) is 19.7 Å². The second-order valence-electron chi connectivity index (χ2n) is 6.45. The molecule has 1 saturated heterocycles. The molecule has 28 heavy (non-hydrogen) atoms. The lowest BCUT2D eigenvalue weighted by Crippen LogP contribution is -2.39. The van der Waals surface area contributed by atoms with Crippen molar-refractivity contribution < 1.29 is 47.2 Å². The highest BCUT2D eigenvalue weighted by molar-refractivity contribution is 7.50. The maximum Gasteiger partial charge on any atom is 0.469 e. The summed E-state index contributed by atoms with van der Waals surface area (Å²) in [4.78, 5) is 51.9. The van der Waals surface area contributed by atoms with Crippen LogP contribution in [0.25, 0.3) is 0 Å². The predicted octanol–water partition coefficient (Wildman–Crippen LogP) is -1.18. The van der Waals surface area contributed by atoms with Gasteiger partial charge in [-0.3, -0.25) is 18.6 Å². The number of Topliss-reactive ketones (excluding diaryl/α,β-unsaturated/α-hetero) is 1. The molecule has 1 aliphatic rings. The molecule has 0 aromatic carbocycles. The molecule has 162 valence electrons. The van der Waals surface area contributed by atoms with Gasteiger partial charge in [0.05, 0.1) is 25.4 Å². The zero-order valence-corrected chi connectivity index (χ0v) is 17.8. The predicted molar refractivity (Wildman–Crippen MR) is 100 cm³/mol. The Bertz CT molecular complexity index is 645. The molecule has 0 spiro atoms. The second-order valence-corrected chi connectivity index (χ2v) is 9.26. The molecule has 15 heteroatoms. The summed E-state index contributed by atoms with van der Waals surface area (Å²) in [5.74, 6) is -0.478. The van der Waals surface area contributed by atoms with Crippen LogP contribution in [-0.4, -0.2) is 83.7 Å². The third-order valence-corrected chi connectivity index (χ3v) is 5.50. The highest BCUT2D eigenvalue weighted by atomic mass is 31.2. The van der Waals surface area contributed by atoms with Gasteiger partial charge < -0.3 is 24.3 Å². The van der Waals surface area contributed by atoms with Crippen molar-refractivity contribution in [1.29, 1.82) is 0 Å².